The van der Waals surface area contributed by atoms with Gasteiger partial charge in [0.25, 0.3) is 0 Å². The Hall–Kier alpha value is -0.640. The fourth-order valence-electron chi connectivity index (χ4n) is 0.985. The maximum atomic E-state index is 5.99. The Morgan fingerprint density at radius 1 is 1.23 bits per heavy atom. The molecule has 66 valence electrons. The Balaban J connectivity index is 2.59. The van der Waals surface area contributed by atoms with Gasteiger partial charge in [0, 0.05) is 5.56 Å². The first kappa shape index (κ1) is 8.94. The van der Waals surface area contributed by atoms with Gasteiger partial charge in [-0.3, -0.25) is 0 Å². The number of hydrogen-bond acceptors (Lipinski definition) is 3. The fraction of sp³-hybridized carbons (Fsp3) is 0. The highest BCUT2D eigenvalue weighted by molar-refractivity contribution is 6.99. The second-order valence-corrected chi connectivity index (χ2v) is 3.74. The minimum atomic E-state index is 0.525. The van der Waals surface area contributed by atoms with Crippen molar-refractivity contribution in [1.82, 2.24) is 8.75 Å². The molecule has 2 aromatic rings. The van der Waals surface area contributed by atoms with Gasteiger partial charge in [-0.25, -0.2) is 0 Å². The average Bonchev–Trinajstić information content (AvgIpc) is 2.62. The second kappa shape index (κ2) is 3.62. The van der Waals surface area contributed by atoms with Crippen LogP contribution in [0.15, 0.2) is 24.4 Å². The highest BCUT2D eigenvalue weighted by atomic mass is 35.5. The minimum absolute atomic E-state index is 0.525. The van der Waals surface area contributed by atoms with Crippen molar-refractivity contribution in [3.8, 4) is 11.3 Å². The van der Waals surface area contributed by atoms with Crippen LogP contribution in [0.1, 0.15) is 0 Å². The van der Waals surface area contributed by atoms with Crippen LogP contribution in [0.3, 0.4) is 0 Å². The van der Waals surface area contributed by atoms with Gasteiger partial charge in [0.15, 0.2) is 0 Å². The van der Waals surface area contributed by atoms with Gasteiger partial charge in [0.1, 0.15) is 5.69 Å². The van der Waals surface area contributed by atoms with Crippen LogP contribution in [0.4, 0.5) is 0 Å². The number of rotatable bonds is 1. The highest BCUT2D eigenvalue weighted by Crippen LogP contribution is 2.32. The van der Waals surface area contributed by atoms with E-state index in [4.69, 9.17) is 23.2 Å². The number of nitrogens with zero attached hydrogens (tertiary/aromatic N) is 2. The van der Waals surface area contributed by atoms with E-state index in [1.54, 1.807) is 12.3 Å². The molecule has 0 atom stereocenters. The number of halogens is 2. The quantitative estimate of drug-likeness (QED) is 0.750. The molecule has 0 radical (unpaired) electrons. The summed E-state index contributed by atoms with van der Waals surface area (Å²) in [5.41, 5.74) is 1.58. The van der Waals surface area contributed by atoms with Gasteiger partial charge in [0.2, 0.25) is 0 Å². The van der Waals surface area contributed by atoms with Crippen molar-refractivity contribution in [2.75, 3.05) is 0 Å². The van der Waals surface area contributed by atoms with Crippen molar-refractivity contribution in [3.63, 3.8) is 0 Å². The van der Waals surface area contributed by atoms with Crippen molar-refractivity contribution in [1.29, 1.82) is 0 Å². The molecular weight excluding hydrogens is 227 g/mol. The summed E-state index contributed by atoms with van der Waals surface area (Å²) in [6, 6.07) is 5.45. The van der Waals surface area contributed by atoms with Gasteiger partial charge in [-0.1, -0.05) is 35.3 Å². The Labute approximate surface area is 89.5 Å². The van der Waals surface area contributed by atoms with E-state index in [0.29, 0.717) is 10.0 Å². The first-order valence-corrected chi connectivity index (χ1v) is 4.99. The maximum Gasteiger partial charge on any atom is 0.106 e. The van der Waals surface area contributed by atoms with E-state index >= 15 is 0 Å². The first-order chi connectivity index (χ1) is 6.29. The van der Waals surface area contributed by atoms with Crippen molar-refractivity contribution >= 4 is 34.9 Å². The van der Waals surface area contributed by atoms with Crippen LogP contribution in [0.2, 0.25) is 10.0 Å². The third-order valence-corrected chi connectivity index (χ3v) is 2.89. The molecule has 0 bridgehead atoms. The summed E-state index contributed by atoms with van der Waals surface area (Å²) in [6.45, 7) is 0. The lowest BCUT2D eigenvalue weighted by molar-refractivity contribution is 1.49. The molecule has 0 unspecified atom stereocenters. The van der Waals surface area contributed by atoms with E-state index < -0.39 is 0 Å². The molecule has 2 nitrogen and oxygen atoms in total. The van der Waals surface area contributed by atoms with Gasteiger partial charge < -0.3 is 0 Å². The van der Waals surface area contributed by atoms with Crippen LogP contribution >= 0.6 is 34.9 Å². The smallest absolute Gasteiger partial charge is 0.106 e. The SMILES string of the molecule is Clc1cccc(-c2cnsn2)c1Cl. The Bertz CT molecular complexity index is 414. The van der Waals surface area contributed by atoms with Crippen LogP contribution < -0.4 is 0 Å². The number of aromatic nitrogens is 2. The largest absolute Gasteiger partial charge is 0.181 e. The van der Waals surface area contributed by atoms with E-state index in [0.717, 1.165) is 23.0 Å². The molecular formula is C8H4Cl2N2S. The monoisotopic (exact) mass is 230 g/mol. The lowest BCUT2D eigenvalue weighted by Crippen LogP contribution is -1.79. The van der Waals surface area contributed by atoms with Crippen LogP contribution in [0.25, 0.3) is 11.3 Å². The molecule has 0 N–H and O–H groups in total. The Kier molecular flexibility index (Phi) is 2.49. The zero-order valence-corrected chi connectivity index (χ0v) is 8.70. The zero-order chi connectivity index (χ0) is 9.26. The zero-order valence-electron chi connectivity index (χ0n) is 6.37. The molecule has 13 heavy (non-hydrogen) atoms. The first-order valence-electron chi connectivity index (χ1n) is 3.51. The molecule has 1 aromatic carbocycles. The predicted molar refractivity (Wildman–Crippen MR) is 55.4 cm³/mol. The molecule has 0 aliphatic rings. The third-order valence-electron chi connectivity index (χ3n) is 1.59. The van der Waals surface area contributed by atoms with Crippen molar-refractivity contribution in [3.05, 3.63) is 34.4 Å². The fourth-order valence-corrected chi connectivity index (χ4v) is 1.81. The predicted octanol–water partition coefficient (Wildman–Crippen LogP) is 3.51. The van der Waals surface area contributed by atoms with Crippen molar-refractivity contribution in [2.45, 2.75) is 0 Å². The van der Waals surface area contributed by atoms with E-state index in [-0.39, 0.29) is 0 Å². The van der Waals surface area contributed by atoms with Crippen LogP contribution in [0.5, 0.6) is 0 Å². The molecule has 5 heteroatoms. The summed E-state index contributed by atoms with van der Waals surface area (Å²) in [7, 11) is 0. The molecule has 1 aromatic heterocycles. The van der Waals surface area contributed by atoms with E-state index in [1.165, 1.54) is 0 Å². The van der Waals surface area contributed by atoms with Crippen molar-refractivity contribution < 1.29 is 0 Å². The normalized spacial score (nSPS) is 10.3. The molecule has 1 heterocycles. The van der Waals surface area contributed by atoms with Crippen LogP contribution in [-0.2, 0) is 0 Å². The van der Waals surface area contributed by atoms with E-state index in [2.05, 4.69) is 8.75 Å². The summed E-state index contributed by atoms with van der Waals surface area (Å²) in [4.78, 5) is 0. The highest BCUT2D eigenvalue weighted by Gasteiger charge is 2.08. The average molecular weight is 231 g/mol. The van der Waals surface area contributed by atoms with Crippen LogP contribution in [0, 0.1) is 0 Å². The molecule has 0 spiro atoms. The summed E-state index contributed by atoms with van der Waals surface area (Å²) >= 11 is 13.0. The third kappa shape index (κ3) is 1.68. The van der Waals surface area contributed by atoms with Gasteiger partial charge in [-0.15, -0.1) is 0 Å². The van der Waals surface area contributed by atoms with Gasteiger partial charge >= 0.3 is 0 Å². The molecule has 0 fully saturated rings. The van der Waals surface area contributed by atoms with Gasteiger partial charge in [-0.05, 0) is 6.07 Å². The summed E-state index contributed by atoms with van der Waals surface area (Å²) in [5.74, 6) is 0. The Morgan fingerprint density at radius 2 is 2.08 bits per heavy atom. The molecule has 2 rings (SSSR count). The second-order valence-electron chi connectivity index (χ2n) is 2.39. The van der Waals surface area contributed by atoms with Crippen LogP contribution in [-0.4, -0.2) is 8.75 Å². The molecule has 0 amide bonds. The molecule has 0 aliphatic carbocycles. The summed E-state index contributed by atoms with van der Waals surface area (Å²) in [5, 5.41) is 1.06. The maximum absolute atomic E-state index is 5.99. The van der Waals surface area contributed by atoms with Crippen molar-refractivity contribution in [2.24, 2.45) is 0 Å². The van der Waals surface area contributed by atoms with Gasteiger partial charge in [-0.2, -0.15) is 8.75 Å². The summed E-state index contributed by atoms with van der Waals surface area (Å²) < 4.78 is 7.97. The minimum Gasteiger partial charge on any atom is -0.181 e. The summed E-state index contributed by atoms with van der Waals surface area (Å²) in [6.07, 6.45) is 1.67. The van der Waals surface area contributed by atoms with Gasteiger partial charge in [0.05, 0.1) is 28.0 Å². The van der Waals surface area contributed by atoms with E-state index in [9.17, 15) is 0 Å². The number of hydrogen-bond donors (Lipinski definition) is 0. The number of benzene rings is 1. The topological polar surface area (TPSA) is 25.8 Å². The standard InChI is InChI=1S/C8H4Cl2N2S/c9-6-3-1-2-5(8(6)10)7-4-11-13-12-7/h1-4H. The molecule has 0 saturated heterocycles. The molecule has 0 saturated carbocycles. The Morgan fingerprint density at radius 3 is 2.77 bits per heavy atom. The lowest BCUT2D eigenvalue weighted by atomic mass is 10.2. The lowest BCUT2D eigenvalue weighted by Gasteiger charge is -2.00. The van der Waals surface area contributed by atoms with E-state index in [1.807, 2.05) is 12.1 Å². The molecule has 0 aliphatic heterocycles.